The summed E-state index contributed by atoms with van der Waals surface area (Å²) in [5.74, 6) is 0. The van der Waals surface area contributed by atoms with Crippen molar-refractivity contribution in [2.45, 2.75) is 6.92 Å². The van der Waals surface area contributed by atoms with E-state index in [1.807, 2.05) is 12.1 Å². The quantitative estimate of drug-likeness (QED) is 0.689. The summed E-state index contributed by atoms with van der Waals surface area (Å²) in [6, 6.07) is 5.42. The molecule has 0 radical (unpaired) electrons. The van der Waals surface area contributed by atoms with E-state index < -0.39 is 0 Å². The molecule has 1 heterocycles. The Bertz CT molecular complexity index is 555. The second-order valence-electron chi connectivity index (χ2n) is 2.64. The molecule has 14 heavy (non-hydrogen) atoms. The molecule has 0 spiro atoms. The van der Waals surface area contributed by atoms with Crippen molar-refractivity contribution in [2.75, 3.05) is 0 Å². The highest BCUT2D eigenvalue weighted by molar-refractivity contribution is 7.16. The van der Waals surface area contributed by atoms with Gasteiger partial charge < -0.3 is 0 Å². The summed E-state index contributed by atoms with van der Waals surface area (Å²) < 4.78 is 2.18. The molecule has 0 atom stereocenters. The van der Waals surface area contributed by atoms with Gasteiger partial charge in [0.2, 0.25) is 0 Å². The molecule has 3 nitrogen and oxygen atoms in total. The lowest BCUT2D eigenvalue weighted by molar-refractivity contribution is 0.904. The number of fused-ring (bicyclic) bond motifs is 1. The lowest BCUT2D eigenvalue weighted by Gasteiger charge is -1.96. The van der Waals surface area contributed by atoms with Gasteiger partial charge in [0.25, 0.3) is 0 Å². The summed E-state index contributed by atoms with van der Waals surface area (Å²) in [7, 11) is 0. The third-order valence-electron chi connectivity index (χ3n) is 1.76. The van der Waals surface area contributed by atoms with Crippen molar-refractivity contribution in [2.24, 2.45) is 5.10 Å². The lowest BCUT2D eigenvalue weighted by Crippen LogP contribution is -2.06. The maximum Gasteiger partial charge on any atom is 0.328 e. The van der Waals surface area contributed by atoms with Crippen LogP contribution in [0.3, 0.4) is 0 Å². The van der Waals surface area contributed by atoms with Crippen LogP contribution in [0.2, 0.25) is 5.02 Å². The number of aromatic nitrogens is 1. The summed E-state index contributed by atoms with van der Waals surface area (Å²) in [4.78, 5) is 11.4. The van der Waals surface area contributed by atoms with Crippen LogP contribution in [-0.2, 0) is 0 Å². The average molecular weight is 227 g/mol. The topological polar surface area (TPSA) is 34.4 Å². The molecule has 0 fully saturated rings. The zero-order chi connectivity index (χ0) is 10.1. The van der Waals surface area contributed by atoms with E-state index in [1.165, 1.54) is 4.68 Å². The van der Waals surface area contributed by atoms with Gasteiger partial charge >= 0.3 is 4.87 Å². The van der Waals surface area contributed by atoms with Gasteiger partial charge in [0.15, 0.2) is 0 Å². The molecule has 0 aliphatic rings. The Labute approximate surface area is 89.2 Å². The Morgan fingerprint density at radius 3 is 3.07 bits per heavy atom. The average Bonchev–Trinajstić information content (AvgIpc) is 2.45. The summed E-state index contributed by atoms with van der Waals surface area (Å²) in [6.07, 6.45) is 1.57. The lowest BCUT2D eigenvalue weighted by atomic mass is 10.3. The first-order valence-corrected chi connectivity index (χ1v) is 5.22. The fourth-order valence-electron chi connectivity index (χ4n) is 1.23. The van der Waals surface area contributed by atoms with Gasteiger partial charge in [-0.3, -0.25) is 4.79 Å². The van der Waals surface area contributed by atoms with Gasteiger partial charge in [-0.05, 0) is 19.1 Å². The molecule has 1 aromatic heterocycles. The number of nitrogens with zero attached hydrogens (tertiary/aromatic N) is 2. The summed E-state index contributed by atoms with van der Waals surface area (Å²) in [5, 5.41) is 4.51. The molecule has 0 unspecified atom stereocenters. The van der Waals surface area contributed by atoms with Crippen LogP contribution in [0.15, 0.2) is 28.1 Å². The molecule has 0 saturated heterocycles. The molecule has 0 bridgehead atoms. The Hall–Kier alpha value is -1.13. The molecule has 0 N–H and O–H groups in total. The van der Waals surface area contributed by atoms with E-state index in [0.717, 1.165) is 16.0 Å². The first-order valence-electron chi connectivity index (χ1n) is 4.03. The predicted octanol–water partition coefficient (Wildman–Crippen LogP) is 2.57. The van der Waals surface area contributed by atoms with Crippen LogP contribution in [0.25, 0.3) is 10.2 Å². The van der Waals surface area contributed by atoms with Crippen LogP contribution < -0.4 is 4.87 Å². The van der Waals surface area contributed by atoms with Crippen LogP contribution in [0.1, 0.15) is 6.92 Å². The molecule has 0 aliphatic carbocycles. The highest BCUT2D eigenvalue weighted by Crippen LogP contribution is 2.24. The van der Waals surface area contributed by atoms with Gasteiger partial charge in [0, 0.05) is 6.21 Å². The summed E-state index contributed by atoms with van der Waals surface area (Å²) >= 11 is 7.13. The Morgan fingerprint density at radius 2 is 2.36 bits per heavy atom. The second-order valence-corrected chi connectivity index (χ2v) is 4.04. The molecular weight excluding hydrogens is 220 g/mol. The first-order chi connectivity index (χ1) is 6.74. The second kappa shape index (κ2) is 3.55. The van der Waals surface area contributed by atoms with Gasteiger partial charge in [-0.25, -0.2) is 0 Å². The van der Waals surface area contributed by atoms with E-state index >= 15 is 0 Å². The molecule has 0 saturated carbocycles. The molecule has 5 heteroatoms. The molecule has 0 aliphatic heterocycles. The molecule has 0 amide bonds. The number of hydrogen-bond acceptors (Lipinski definition) is 3. The third-order valence-corrected chi connectivity index (χ3v) is 2.96. The largest absolute Gasteiger partial charge is 0.328 e. The van der Waals surface area contributed by atoms with E-state index in [1.54, 1.807) is 19.2 Å². The molecule has 2 aromatic rings. The molecule has 1 aromatic carbocycles. The van der Waals surface area contributed by atoms with Gasteiger partial charge in [0.1, 0.15) is 5.52 Å². The van der Waals surface area contributed by atoms with Crippen molar-refractivity contribution in [3.05, 3.63) is 32.9 Å². The summed E-state index contributed by atoms with van der Waals surface area (Å²) in [5.41, 5.74) is 0.683. The van der Waals surface area contributed by atoms with Gasteiger partial charge in [-0.2, -0.15) is 9.78 Å². The maximum atomic E-state index is 11.5. The Morgan fingerprint density at radius 1 is 1.57 bits per heavy atom. The van der Waals surface area contributed by atoms with E-state index in [9.17, 15) is 4.79 Å². The van der Waals surface area contributed by atoms with E-state index in [0.29, 0.717) is 10.5 Å². The smallest absolute Gasteiger partial charge is 0.255 e. The van der Waals surface area contributed by atoms with Crippen molar-refractivity contribution in [1.29, 1.82) is 0 Å². The molecular formula is C9H7ClN2OS. The standard InChI is InChI=1S/C9H7ClN2OS/c1-2-11-12-8-6(10)4-3-5-7(8)14-9(12)13/h2-5H,1H3/b11-2-. The van der Waals surface area contributed by atoms with Crippen LogP contribution in [0.4, 0.5) is 0 Å². The third kappa shape index (κ3) is 1.36. The normalized spacial score (nSPS) is 11.6. The highest BCUT2D eigenvalue weighted by atomic mass is 35.5. The minimum atomic E-state index is -0.119. The fraction of sp³-hybridized carbons (Fsp3) is 0.111. The van der Waals surface area contributed by atoms with E-state index in [4.69, 9.17) is 11.6 Å². The number of hydrogen-bond donors (Lipinski definition) is 0. The molecule has 2 rings (SSSR count). The summed E-state index contributed by atoms with van der Waals surface area (Å²) in [6.45, 7) is 1.76. The van der Waals surface area contributed by atoms with Crippen LogP contribution in [0, 0.1) is 0 Å². The first kappa shape index (κ1) is 9.43. The maximum absolute atomic E-state index is 11.5. The van der Waals surface area contributed by atoms with Crippen molar-refractivity contribution in [3.8, 4) is 0 Å². The number of rotatable bonds is 1. The number of thiazole rings is 1. The minimum absolute atomic E-state index is 0.119. The predicted molar refractivity (Wildman–Crippen MR) is 60.7 cm³/mol. The van der Waals surface area contributed by atoms with Gasteiger partial charge in [0.05, 0.1) is 9.72 Å². The number of benzene rings is 1. The monoisotopic (exact) mass is 226 g/mol. The minimum Gasteiger partial charge on any atom is -0.255 e. The van der Waals surface area contributed by atoms with Gasteiger partial charge in [-0.1, -0.05) is 29.0 Å². The van der Waals surface area contributed by atoms with Crippen molar-refractivity contribution in [1.82, 2.24) is 4.68 Å². The van der Waals surface area contributed by atoms with E-state index in [-0.39, 0.29) is 4.87 Å². The Kier molecular flexibility index (Phi) is 2.39. The van der Waals surface area contributed by atoms with Crippen molar-refractivity contribution >= 4 is 39.4 Å². The van der Waals surface area contributed by atoms with Crippen LogP contribution in [0.5, 0.6) is 0 Å². The number of para-hydroxylation sites is 1. The van der Waals surface area contributed by atoms with Crippen molar-refractivity contribution in [3.63, 3.8) is 0 Å². The van der Waals surface area contributed by atoms with E-state index in [2.05, 4.69) is 5.10 Å². The van der Waals surface area contributed by atoms with Gasteiger partial charge in [-0.15, -0.1) is 0 Å². The highest BCUT2D eigenvalue weighted by Gasteiger charge is 2.08. The molecule has 72 valence electrons. The van der Waals surface area contributed by atoms with Crippen LogP contribution in [-0.4, -0.2) is 10.9 Å². The SMILES string of the molecule is C/C=N\n1c(=O)sc2cccc(Cl)c21. The van der Waals surface area contributed by atoms with Crippen LogP contribution >= 0.6 is 22.9 Å². The Balaban J connectivity index is 2.93. The zero-order valence-corrected chi connectivity index (χ0v) is 8.97. The zero-order valence-electron chi connectivity index (χ0n) is 7.40. The van der Waals surface area contributed by atoms with Crippen molar-refractivity contribution < 1.29 is 0 Å². The fourth-order valence-corrected chi connectivity index (χ4v) is 2.40. The number of halogens is 1.